The smallest absolute Gasteiger partial charge is 0.324 e. The van der Waals surface area contributed by atoms with Crippen molar-refractivity contribution in [2.75, 3.05) is 11.9 Å². The van der Waals surface area contributed by atoms with Gasteiger partial charge in [0.15, 0.2) is 5.13 Å². The summed E-state index contributed by atoms with van der Waals surface area (Å²) in [5.74, 6) is -0.462. The van der Waals surface area contributed by atoms with Gasteiger partial charge in [-0.15, -0.1) is 0 Å². The fraction of sp³-hybridized carbons (Fsp3) is 0.474. The molecule has 1 aliphatic carbocycles. The van der Waals surface area contributed by atoms with E-state index in [1.165, 1.54) is 35.5 Å². The van der Waals surface area contributed by atoms with Gasteiger partial charge in [0.2, 0.25) is 5.91 Å². The van der Waals surface area contributed by atoms with Crippen LogP contribution in [0.15, 0.2) is 24.5 Å². The molecule has 0 aromatic carbocycles. The van der Waals surface area contributed by atoms with Crippen LogP contribution in [-0.4, -0.2) is 39.4 Å². The Morgan fingerprint density at radius 1 is 1.33 bits per heavy atom. The van der Waals surface area contributed by atoms with Gasteiger partial charge in [-0.2, -0.15) is 0 Å². The Hall–Kier alpha value is -2.48. The summed E-state index contributed by atoms with van der Waals surface area (Å²) in [5, 5.41) is 3.31. The van der Waals surface area contributed by atoms with Crippen LogP contribution in [0.1, 0.15) is 44.7 Å². The number of nitrogens with one attached hydrogen (secondary N) is 1. The van der Waals surface area contributed by atoms with E-state index in [1.807, 2.05) is 12.3 Å². The van der Waals surface area contributed by atoms with Gasteiger partial charge in [-0.25, -0.2) is 9.78 Å². The Bertz CT molecular complexity index is 876. The summed E-state index contributed by atoms with van der Waals surface area (Å²) in [4.78, 5) is 35.3. The highest BCUT2D eigenvalue weighted by molar-refractivity contribution is 7.19. The average Bonchev–Trinajstić information content (AvgIpc) is 3.29. The van der Waals surface area contributed by atoms with E-state index < -0.39 is 11.9 Å². The van der Waals surface area contributed by atoms with Crippen LogP contribution in [-0.2, 0) is 10.2 Å². The van der Waals surface area contributed by atoms with E-state index in [0.29, 0.717) is 18.1 Å². The third-order valence-electron chi connectivity index (χ3n) is 5.68. The van der Waals surface area contributed by atoms with E-state index >= 15 is 0 Å². The number of primary amides is 1. The van der Waals surface area contributed by atoms with Gasteiger partial charge < -0.3 is 10.6 Å². The monoisotopic (exact) mass is 385 g/mol. The van der Waals surface area contributed by atoms with Crippen molar-refractivity contribution >= 4 is 28.4 Å². The van der Waals surface area contributed by atoms with Crippen LogP contribution in [0.4, 0.5) is 9.93 Å². The molecule has 7 nitrogen and oxygen atoms in total. The van der Waals surface area contributed by atoms with Gasteiger partial charge in [0.05, 0.1) is 4.88 Å². The first-order chi connectivity index (χ1) is 13.0. The van der Waals surface area contributed by atoms with E-state index in [2.05, 4.69) is 28.3 Å². The zero-order chi connectivity index (χ0) is 19.0. The molecule has 142 valence electrons. The quantitative estimate of drug-likeness (QED) is 0.844. The molecule has 0 unspecified atom stereocenters. The number of hydrogen-bond donors (Lipinski definition) is 2. The molecule has 1 atom stereocenters. The van der Waals surface area contributed by atoms with Crippen molar-refractivity contribution in [2.24, 2.45) is 5.73 Å². The van der Waals surface area contributed by atoms with Gasteiger partial charge in [-0.3, -0.25) is 15.1 Å². The second-order valence-corrected chi connectivity index (χ2v) is 8.59. The van der Waals surface area contributed by atoms with Crippen LogP contribution in [0.2, 0.25) is 0 Å². The number of anilines is 1. The number of carbonyl (C=O) groups excluding carboxylic acids is 2. The Balaban J connectivity index is 1.48. The SMILES string of the molecule is CC1(c2cc(-c3cnc(NC(=O)N4CCC[C@H]4C(N)=O)s3)ccn2)CCC1. The maximum Gasteiger partial charge on any atom is 0.324 e. The number of likely N-dealkylation sites (tertiary alicyclic amines) is 1. The summed E-state index contributed by atoms with van der Waals surface area (Å²) in [5.41, 5.74) is 7.74. The van der Waals surface area contributed by atoms with Crippen molar-refractivity contribution in [1.29, 1.82) is 0 Å². The molecular weight excluding hydrogens is 362 g/mol. The minimum atomic E-state index is -0.532. The summed E-state index contributed by atoms with van der Waals surface area (Å²) in [6.07, 6.45) is 8.59. The topological polar surface area (TPSA) is 101 Å². The maximum atomic E-state index is 12.5. The number of carbonyl (C=O) groups is 2. The van der Waals surface area contributed by atoms with E-state index in [1.54, 1.807) is 6.20 Å². The normalized spacial score (nSPS) is 20.9. The molecular formula is C19H23N5O2S. The van der Waals surface area contributed by atoms with Crippen LogP contribution in [0.3, 0.4) is 0 Å². The molecule has 1 aliphatic heterocycles. The number of aromatic nitrogens is 2. The summed E-state index contributed by atoms with van der Waals surface area (Å²) >= 11 is 1.41. The Morgan fingerprint density at radius 3 is 2.85 bits per heavy atom. The number of nitrogens with zero attached hydrogens (tertiary/aromatic N) is 3. The van der Waals surface area contributed by atoms with E-state index in [4.69, 9.17) is 5.73 Å². The van der Waals surface area contributed by atoms with Crippen LogP contribution in [0.5, 0.6) is 0 Å². The van der Waals surface area contributed by atoms with E-state index in [-0.39, 0.29) is 11.4 Å². The van der Waals surface area contributed by atoms with Gasteiger partial charge in [-0.05, 0) is 43.4 Å². The van der Waals surface area contributed by atoms with Gasteiger partial charge in [0, 0.05) is 30.0 Å². The van der Waals surface area contributed by atoms with Crippen LogP contribution in [0, 0.1) is 0 Å². The molecule has 3 amide bonds. The first-order valence-electron chi connectivity index (χ1n) is 9.26. The van der Waals surface area contributed by atoms with Crippen molar-refractivity contribution < 1.29 is 9.59 Å². The Labute approximate surface area is 162 Å². The highest BCUT2D eigenvalue weighted by atomic mass is 32.1. The highest BCUT2D eigenvalue weighted by Crippen LogP contribution is 2.43. The van der Waals surface area contributed by atoms with Crippen molar-refractivity contribution in [2.45, 2.75) is 50.5 Å². The standard InChI is InChI=1S/C19H23N5O2S/c1-19(6-3-7-19)15-10-12(5-8-21-15)14-11-22-17(27-14)23-18(26)24-9-2-4-13(24)16(20)25/h5,8,10-11,13H,2-4,6-7,9H2,1H3,(H2,20,25)(H,22,23,26)/t13-/m0/s1. The Morgan fingerprint density at radius 2 is 2.15 bits per heavy atom. The van der Waals surface area contributed by atoms with Crippen molar-refractivity contribution in [3.8, 4) is 10.4 Å². The van der Waals surface area contributed by atoms with Crippen molar-refractivity contribution in [3.63, 3.8) is 0 Å². The average molecular weight is 385 g/mol. The van der Waals surface area contributed by atoms with Gasteiger partial charge in [0.25, 0.3) is 0 Å². The number of pyridine rings is 1. The predicted molar refractivity (Wildman–Crippen MR) is 104 cm³/mol. The second kappa shape index (κ2) is 6.92. The van der Waals surface area contributed by atoms with Crippen molar-refractivity contribution in [3.05, 3.63) is 30.2 Å². The molecule has 2 fully saturated rings. The zero-order valence-corrected chi connectivity index (χ0v) is 16.1. The Kier molecular flexibility index (Phi) is 4.59. The number of amides is 3. The van der Waals surface area contributed by atoms with Crippen molar-refractivity contribution in [1.82, 2.24) is 14.9 Å². The third-order valence-corrected chi connectivity index (χ3v) is 6.64. The number of urea groups is 1. The van der Waals surface area contributed by atoms with Crippen LogP contribution in [0.25, 0.3) is 10.4 Å². The lowest BCUT2D eigenvalue weighted by molar-refractivity contribution is -0.121. The minimum absolute atomic E-state index is 0.178. The lowest BCUT2D eigenvalue weighted by atomic mass is 9.68. The van der Waals surface area contributed by atoms with Gasteiger partial charge >= 0.3 is 6.03 Å². The number of nitrogens with two attached hydrogens (primary N) is 1. The highest BCUT2D eigenvalue weighted by Gasteiger charge is 2.35. The first kappa shape index (κ1) is 17.9. The number of thiazole rings is 1. The molecule has 2 aromatic heterocycles. The van der Waals surface area contributed by atoms with Crippen LogP contribution < -0.4 is 11.1 Å². The van der Waals surface area contributed by atoms with Gasteiger partial charge in [-0.1, -0.05) is 24.7 Å². The number of hydrogen-bond acceptors (Lipinski definition) is 5. The third kappa shape index (κ3) is 3.41. The fourth-order valence-corrected chi connectivity index (χ4v) is 4.61. The fourth-order valence-electron chi connectivity index (χ4n) is 3.81. The summed E-state index contributed by atoms with van der Waals surface area (Å²) in [6, 6.07) is 3.24. The molecule has 8 heteroatoms. The second-order valence-electron chi connectivity index (χ2n) is 7.56. The molecule has 1 saturated carbocycles. The predicted octanol–water partition coefficient (Wildman–Crippen LogP) is 3.13. The molecule has 0 radical (unpaired) electrons. The lowest BCUT2D eigenvalue weighted by Crippen LogP contribution is -2.45. The number of rotatable bonds is 4. The maximum absolute atomic E-state index is 12.5. The molecule has 27 heavy (non-hydrogen) atoms. The molecule has 2 aromatic rings. The largest absolute Gasteiger partial charge is 0.368 e. The lowest BCUT2D eigenvalue weighted by Gasteiger charge is -2.37. The molecule has 3 N–H and O–H groups in total. The summed E-state index contributed by atoms with van der Waals surface area (Å²) in [6.45, 7) is 2.79. The minimum Gasteiger partial charge on any atom is -0.368 e. The van der Waals surface area contributed by atoms with Gasteiger partial charge in [0.1, 0.15) is 6.04 Å². The summed E-state index contributed by atoms with van der Waals surface area (Å²) < 4.78 is 0. The molecule has 0 spiro atoms. The molecule has 0 bridgehead atoms. The molecule has 1 saturated heterocycles. The molecule has 2 aliphatic rings. The summed E-state index contributed by atoms with van der Waals surface area (Å²) in [7, 11) is 0. The first-order valence-corrected chi connectivity index (χ1v) is 10.1. The molecule has 4 rings (SSSR count). The van der Waals surface area contributed by atoms with Crippen LogP contribution >= 0.6 is 11.3 Å². The van der Waals surface area contributed by atoms with E-state index in [0.717, 1.165) is 22.6 Å². The molecule has 3 heterocycles. The zero-order valence-electron chi connectivity index (χ0n) is 15.3. The van der Waals surface area contributed by atoms with E-state index in [9.17, 15) is 9.59 Å².